The summed E-state index contributed by atoms with van der Waals surface area (Å²) in [6.07, 6.45) is 0.467. The summed E-state index contributed by atoms with van der Waals surface area (Å²) in [7, 11) is 0. The van der Waals surface area contributed by atoms with Crippen LogP contribution in [0.3, 0.4) is 0 Å². The first-order valence-electron chi connectivity index (χ1n) is 8.04. The highest BCUT2D eigenvalue weighted by Gasteiger charge is 2.11. The third-order valence-corrected chi connectivity index (χ3v) is 4.17. The van der Waals surface area contributed by atoms with Crippen molar-refractivity contribution in [3.63, 3.8) is 0 Å². The normalized spacial score (nSPS) is 10.5. The molecule has 0 aromatic heterocycles. The molecule has 3 aromatic rings. The van der Waals surface area contributed by atoms with Crippen LogP contribution in [-0.4, -0.2) is 5.78 Å². The number of Topliss-reactive ketones (excluding diaryl/α,β-unsaturated/α-hetero) is 1. The van der Waals surface area contributed by atoms with E-state index in [2.05, 4.69) is 0 Å². The molecule has 3 rings (SSSR count). The zero-order valence-corrected chi connectivity index (χ0v) is 14.6. The van der Waals surface area contributed by atoms with Crippen molar-refractivity contribution in [1.29, 1.82) is 0 Å². The number of hydrogen-bond donors (Lipinski definition) is 1. The Morgan fingerprint density at radius 3 is 2.60 bits per heavy atom. The van der Waals surface area contributed by atoms with Crippen LogP contribution < -0.4 is 10.5 Å². The maximum Gasteiger partial charge on any atom is 0.163 e. The third-order valence-electron chi connectivity index (χ3n) is 3.88. The highest BCUT2D eigenvalue weighted by atomic mass is 35.5. The van der Waals surface area contributed by atoms with Crippen LogP contribution in [0.1, 0.15) is 23.7 Å². The van der Waals surface area contributed by atoms with Crippen LogP contribution in [0.2, 0.25) is 5.02 Å². The number of hydrogen-bond acceptors (Lipinski definition) is 3. The van der Waals surface area contributed by atoms with Crippen molar-refractivity contribution in [2.45, 2.75) is 13.3 Å². The lowest BCUT2D eigenvalue weighted by Crippen LogP contribution is -1.99. The zero-order valence-electron chi connectivity index (χ0n) is 13.8. The second kappa shape index (κ2) is 7.41. The Hall–Kier alpha value is -2.78. The standard InChI is InChI=1S/C21H18ClNO2/c1-2-20(24)18-9-4-3-8-17(18)14-6-5-7-16(12-14)25-21-11-10-15(23)13-19(21)22/h3-13H,2,23H2,1H3. The first kappa shape index (κ1) is 17.1. The molecule has 0 spiro atoms. The van der Waals surface area contributed by atoms with Gasteiger partial charge in [-0.25, -0.2) is 0 Å². The first-order valence-corrected chi connectivity index (χ1v) is 8.42. The quantitative estimate of drug-likeness (QED) is 0.454. The Morgan fingerprint density at radius 1 is 1.04 bits per heavy atom. The molecule has 0 aliphatic rings. The molecular formula is C21H18ClNO2. The highest BCUT2D eigenvalue weighted by Crippen LogP contribution is 2.33. The molecule has 0 aliphatic heterocycles. The number of nitrogens with two attached hydrogens (primary N) is 1. The Kier molecular flexibility index (Phi) is 5.05. The fourth-order valence-corrected chi connectivity index (χ4v) is 2.85. The van der Waals surface area contributed by atoms with E-state index in [1.165, 1.54) is 0 Å². The van der Waals surface area contributed by atoms with Gasteiger partial charge in [0.05, 0.1) is 5.02 Å². The van der Waals surface area contributed by atoms with Crippen molar-refractivity contribution in [1.82, 2.24) is 0 Å². The predicted molar refractivity (Wildman–Crippen MR) is 102 cm³/mol. The summed E-state index contributed by atoms with van der Waals surface area (Å²) in [6.45, 7) is 1.86. The van der Waals surface area contributed by atoms with E-state index >= 15 is 0 Å². The van der Waals surface area contributed by atoms with Crippen molar-refractivity contribution < 1.29 is 9.53 Å². The number of nitrogen functional groups attached to an aromatic ring is 1. The van der Waals surface area contributed by atoms with Gasteiger partial charge in [0.2, 0.25) is 0 Å². The van der Waals surface area contributed by atoms with E-state index in [0.717, 1.165) is 11.1 Å². The topological polar surface area (TPSA) is 52.3 Å². The van der Waals surface area contributed by atoms with E-state index in [9.17, 15) is 4.79 Å². The van der Waals surface area contributed by atoms with Gasteiger partial charge in [-0.1, -0.05) is 54.9 Å². The number of halogens is 1. The van der Waals surface area contributed by atoms with E-state index < -0.39 is 0 Å². The molecule has 0 aliphatic carbocycles. The van der Waals surface area contributed by atoms with Crippen molar-refractivity contribution in [2.75, 3.05) is 5.73 Å². The number of benzene rings is 3. The lowest BCUT2D eigenvalue weighted by Gasteiger charge is -2.11. The largest absolute Gasteiger partial charge is 0.456 e. The second-order valence-corrected chi connectivity index (χ2v) is 6.05. The summed E-state index contributed by atoms with van der Waals surface area (Å²) in [5, 5.41) is 0.451. The van der Waals surface area contributed by atoms with Gasteiger partial charge in [0.25, 0.3) is 0 Å². The molecule has 25 heavy (non-hydrogen) atoms. The van der Waals surface area contributed by atoms with Crippen molar-refractivity contribution in [2.24, 2.45) is 0 Å². The highest BCUT2D eigenvalue weighted by molar-refractivity contribution is 6.32. The fraction of sp³-hybridized carbons (Fsp3) is 0.0952. The summed E-state index contributed by atoms with van der Waals surface area (Å²) >= 11 is 6.17. The zero-order chi connectivity index (χ0) is 17.8. The molecule has 0 saturated carbocycles. The van der Waals surface area contributed by atoms with Gasteiger partial charge in [-0.05, 0) is 41.5 Å². The Balaban J connectivity index is 1.96. The molecule has 3 aromatic carbocycles. The van der Waals surface area contributed by atoms with Gasteiger partial charge in [0.15, 0.2) is 5.78 Å². The molecule has 2 N–H and O–H groups in total. The molecule has 0 unspecified atom stereocenters. The number of anilines is 1. The predicted octanol–water partition coefficient (Wildman–Crippen LogP) is 5.97. The van der Waals surface area contributed by atoms with Crippen LogP contribution in [0.25, 0.3) is 11.1 Å². The Labute approximate surface area is 152 Å². The van der Waals surface area contributed by atoms with Gasteiger partial charge in [0, 0.05) is 17.7 Å². The smallest absolute Gasteiger partial charge is 0.163 e. The van der Waals surface area contributed by atoms with Crippen LogP contribution in [0.15, 0.2) is 66.7 Å². The number of ether oxygens (including phenoxy) is 1. The van der Waals surface area contributed by atoms with E-state index in [0.29, 0.717) is 34.2 Å². The first-order chi connectivity index (χ1) is 12.1. The van der Waals surface area contributed by atoms with E-state index in [4.69, 9.17) is 22.1 Å². The van der Waals surface area contributed by atoms with Crippen molar-refractivity contribution in [3.05, 3.63) is 77.3 Å². The van der Waals surface area contributed by atoms with Crippen LogP contribution in [-0.2, 0) is 0 Å². The number of ketones is 1. The second-order valence-electron chi connectivity index (χ2n) is 5.64. The average Bonchev–Trinajstić information content (AvgIpc) is 2.63. The van der Waals surface area contributed by atoms with Crippen molar-refractivity contribution in [3.8, 4) is 22.6 Å². The third kappa shape index (κ3) is 3.83. The van der Waals surface area contributed by atoms with E-state index in [1.54, 1.807) is 18.2 Å². The minimum Gasteiger partial charge on any atom is -0.456 e. The lowest BCUT2D eigenvalue weighted by molar-refractivity contribution is 0.0989. The summed E-state index contributed by atoms with van der Waals surface area (Å²) in [4.78, 5) is 12.2. The molecule has 0 bridgehead atoms. The molecule has 0 radical (unpaired) electrons. The Morgan fingerprint density at radius 2 is 1.84 bits per heavy atom. The van der Waals surface area contributed by atoms with Crippen LogP contribution in [0.4, 0.5) is 5.69 Å². The van der Waals surface area contributed by atoms with Crippen LogP contribution >= 0.6 is 11.6 Å². The maximum absolute atomic E-state index is 12.2. The molecule has 0 fully saturated rings. The lowest BCUT2D eigenvalue weighted by atomic mass is 9.96. The van der Waals surface area contributed by atoms with E-state index in [-0.39, 0.29) is 5.78 Å². The Bertz CT molecular complexity index is 921. The monoisotopic (exact) mass is 351 g/mol. The van der Waals surface area contributed by atoms with Crippen LogP contribution in [0.5, 0.6) is 11.5 Å². The van der Waals surface area contributed by atoms with Crippen molar-refractivity contribution >= 4 is 23.1 Å². The SMILES string of the molecule is CCC(=O)c1ccccc1-c1cccc(Oc2ccc(N)cc2Cl)c1. The fourth-order valence-electron chi connectivity index (χ4n) is 2.62. The molecule has 4 heteroatoms. The molecule has 0 saturated heterocycles. The number of rotatable bonds is 5. The summed E-state index contributed by atoms with van der Waals surface area (Å²) in [6, 6.07) is 20.3. The number of carbonyl (C=O) groups excluding carboxylic acids is 1. The summed E-state index contributed by atoms with van der Waals surface area (Å²) in [5.74, 6) is 1.29. The number of carbonyl (C=O) groups is 1. The average molecular weight is 352 g/mol. The molecular weight excluding hydrogens is 334 g/mol. The van der Waals surface area contributed by atoms with Gasteiger partial charge >= 0.3 is 0 Å². The molecule has 0 atom stereocenters. The summed E-state index contributed by atoms with van der Waals surface area (Å²) in [5.41, 5.74) is 8.81. The van der Waals surface area contributed by atoms with Gasteiger partial charge in [0.1, 0.15) is 11.5 Å². The molecule has 126 valence electrons. The van der Waals surface area contributed by atoms with Crippen LogP contribution in [0, 0.1) is 0 Å². The van der Waals surface area contributed by atoms with E-state index in [1.807, 2.05) is 55.5 Å². The van der Waals surface area contributed by atoms with Gasteiger partial charge < -0.3 is 10.5 Å². The van der Waals surface area contributed by atoms with Gasteiger partial charge in [-0.15, -0.1) is 0 Å². The summed E-state index contributed by atoms with van der Waals surface area (Å²) < 4.78 is 5.88. The minimum atomic E-state index is 0.114. The minimum absolute atomic E-state index is 0.114. The van der Waals surface area contributed by atoms with Gasteiger partial charge in [-0.2, -0.15) is 0 Å². The molecule has 3 nitrogen and oxygen atoms in total. The molecule has 0 heterocycles. The maximum atomic E-state index is 12.2. The molecule has 0 amide bonds. The van der Waals surface area contributed by atoms with Gasteiger partial charge in [-0.3, -0.25) is 4.79 Å².